The Labute approximate surface area is 126 Å². The molecule has 0 rings (SSSR count). The molecule has 0 radical (unpaired) electrons. The number of hydrogen-bond donors (Lipinski definition) is 3. The first-order valence-corrected chi connectivity index (χ1v) is 7.34. The van der Waals surface area contributed by atoms with Gasteiger partial charge in [0, 0.05) is 5.75 Å². The molecule has 3 N–H and O–H groups in total. The summed E-state index contributed by atoms with van der Waals surface area (Å²) in [6, 6.07) is 0. The van der Waals surface area contributed by atoms with E-state index in [1.54, 1.807) is 0 Å². The van der Waals surface area contributed by atoms with Gasteiger partial charge in [-0.05, 0) is 0 Å². The largest absolute Gasteiger partial charge is 0.378 e. The highest BCUT2D eigenvalue weighted by Crippen LogP contribution is 1.84. The van der Waals surface area contributed by atoms with Crippen LogP contribution in [0.15, 0.2) is 0 Å². The van der Waals surface area contributed by atoms with Crippen molar-refractivity contribution in [1.82, 2.24) is 0 Å². The third kappa shape index (κ3) is 18.1. The van der Waals surface area contributed by atoms with E-state index >= 15 is 0 Å². The number of hydrogen-bond acceptors (Lipinski definition) is 8. The summed E-state index contributed by atoms with van der Waals surface area (Å²) < 4.78 is 26.0. The van der Waals surface area contributed by atoms with Gasteiger partial charge < -0.3 is 34.5 Å². The zero-order valence-electron chi connectivity index (χ0n) is 11.9. The van der Waals surface area contributed by atoms with E-state index in [1.165, 1.54) is 0 Å². The molecule has 0 aliphatic heterocycles. The van der Waals surface area contributed by atoms with Gasteiger partial charge in [-0.2, -0.15) is 12.6 Å². The van der Waals surface area contributed by atoms with Crippen LogP contribution in [0.5, 0.6) is 0 Å². The minimum Gasteiger partial charge on any atom is -0.378 e. The van der Waals surface area contributed by atoms with Gasteiger partial charge in [0.25, 0.3) is 0 Å². The molecule has 0 fully saturated rings. The average Bonchev–Trinajstić information content (AvgIpc) is 2.43. The lowest BCUT2D eigenvalue weighted by molar-refractivity contribution is -0.0197. The van der Waals surface area contributed by atoms with Gasteiger partial charge in [-0.3, -0.25) is 0 Å². The Morgan fingerprint density at radius 1 is 0.700 bits per heavy atom. The van der Waals surface area contributed by atoms with Crippen molar-refractivity contribution in [2.24, 2.45) is 5.73 Å². The first kappa shape index (κ1) is 20.1. The fourth-order valence-electron chi connectivity index (χ4n) is 1.15. The van der Waals surface area contributed by atoms with Gasteiger partial charge in [-0.1, -0.05) is 0 Å². The number of aliphatic hydroxyl groups excluding tert-OH is 1. The van der Waals surface area contributed by atoms with Crippen LogP contribution in [0.2, 0.25) is 0 Å². The maximum absolute atomic E-state index is 8.73. The highest BCUT2D eigenvalue weighted by Gasteiger charge is 1.95. The highest BCUT2D eigenvalue weighted by molar-refractivity contribution is 7.80. The Balaban J connectivity index is 2.92. The predicted molar refractivity (Wildman–Crippen MR) is 78.1 cm³/mol. The van der Waals surface area contributed by atoms with Crippen LogP contribution in [0.1, 0.15) is 0 Å². The minimum atomic E-state index is -0.929. The smallest absolute Gasteiger partial charge is 0.126 e. The molecule has 0 spiro atoms. The molecule has 0 aromatic carbocycles. The summed E-state index contributed by atoms with van der Waals surface area (Å²) in [5.74, 6) is 0.723. The van der Waals surface area contributed by atoms with Gasteiger partial charge in [-0.15, -0.1) is 0 Å². The molecule has 1 atom stereocenters. The van der Waals surface area contributed by atoms with E-state index in [0.717, 1.165) is 5.75 Å². The van der Waals surface area contributed by atoms with E-state index in [-0.39, 0.29) is 6.61 Å². The molecule has 8 heteroatoms. The van der Waals surface area contributed by atoms with E-state index < -0.39 is 6.23 Å². The molecule has 0 saturated carbocycles. The summed E-state index contributed by atoms with van der Waals surface area (Å²) in [6.45, 7) is 4.87. The van der Waals surface area contributed by atoms with Crippen LogP contribution in [0, 0.1) is 0 Å². The first-order chi connectivity index (χ1) is 9.77. The Morgan fingerprint density at radius 3 is 1.40 bits per heavy atom. The van der Waals surface area contributed by atoms with Crippen molar-refractivity contribution < 1.29 is 28.8 Å². The molecular weight excluding hydrogens is 286 g/mol. The third-order valence-corrected chi connectivity index (χ3v) is 2.19. The highest BCUT2D eigenvalue weighted by atomic mass is 32.1. The van der Waals surface area contributed by atoms with Crippen LogP contribution in [0.3, 0.4) is 0 Å². The van der Waals surface area contributed by atoms with Crippen LogP contribution >= 0.6 is 12.6 Å². The lowest BCUT2D eigenvalue weighted by Gasteiger charge is -2.08. The zero-order valence-corrected chi connectivity index (χ0v) is 12.8. The van der Waals surface area contributed by atoms with Crippen molar-refractivity contribution in [2.45, 2.75) is 6.23 Å². The molecule has 0 aliphatic carbocycles. The van der Waals surface area contributed by atoms with Crippen LogP contribution < -0.4 is 5.73 Å². The average molecular weight is 313 g/mol. The number of ether oxygens (including phenoxy) is 5. The zero-order chi connectivity index (χ0) is 14.9. The summed E-state index contributed by atoms with van der Waals surface area (Å²) in [7, 11) is 0. The van der Waals surface area contributed by atoms with Gasteiger partial charge in [-0.25, -0.2) is 0 Å². The third-order valence-electron chi connectivity index (χ3n) is 2.01. The second kappa shape index (κ2) is 17.1. The second-order valence-corrected chi connectivity index (χ2v) is 4.26. The molecule has 0 saturated heterocycles. The molecule has 0 amide bonds. The normalized spacial score (nSPS) is 12.8. The summed E-state index contributed by atoms with van der Waals surface area (Å²) in [5.41, 5.74) is 5.09. The molecule has 20 heavy (non-hydrogen) atoms. The van der Waals surface area contributed by atoms with Gasteiger partial charge >= 0.3 is 0 Å². The molecule has 0 aromatic heterocycles. The number of nitrogens with two attached hydrogens (primary N) is 1. The Hall–Kier alpha value is 0.0700. The van der Waals surface area contributed by atoms with Crippen LogP contribution in [0.25, 0.3) is 0 Å². The number of aliphatic hydroxyl groups is 1. The minimum absolute atomic E-state index is 0.120. The van der Waals surface area contributed by atoms with Crippen molar-refractivity contribution in [3.8, 4) is 0 Å². The van der Waals surface area contributed by atoms with Crippen molar-refractivity contribution in [3.63, 3.8) is 0 Å². The Kier molecular flexibility index (Phi) is 17.2. The summed E-state index contributed by atoms with van der Waals surface area (Å²) in [6.07, 6.45) is -0.929. The molecule has 1 unspecified atom stereocenters. The fraction of sp³-hybridized carbons (Fsp3) is 1.00. The Morgan fingerprint density at radius 2 is 1.05 bits per heavy atom. The van der Waals surface area contributed by atoms with Crippen molar-refractivity contribution in [3.05, 3.63) is 0 Å². The quantitative estimate of drug-likeness (QED) is 0.197. The van der Waals surface area contributed by atoms with Gasteiger partial charge in [0.1, 0.15) is 6.23 Å². The van der Waals surface area contributed by atoms with Crippen molar-refractivity contribution in [1.29, 1.82) is 0 Å². The van der Waals surface area contributed by atoms with Crippen LogP contribution in [-0.2, 0) is 23.7 Å². The monoisotopic (exact) mass is 313 g/mol. The SMILES string of the molecule is NC(O)COCCOCCOCCOCCOCCS. The maximum atomic E-state index is 8.73. The van der Waals surface area contributed by atoms with Gasteiger partial charge in [0.2, 0.25) is 0 Å². The first-order valence-electron chi connectivity index (χ1n) is 6.70. The van der Waals surface area contributed by atoms with E-state index in [2.05, 4.69) is 12.6 Å². The number of thiol groups is 1. The molecule has 0 bridgehead atoms. The lowest BCUT2D eigenvalue weighted by atomic mass is 10.6. The second-order valence-electron chi connectivity index (χ2n) is 3.82. The summed E-state index contributed by atoms with van der Waals surface area (Å²) in [4.78, 5) is 0. The standard InChI is InChI=1S/C12H27NO6S/c13-12(14)11-19-8-7-17-4-3-15-1-2-16-5-6-18-9-10-20/h12,14,20H,1-11,13H2. The fourth-order valence-corrected chi connectivity index (χ4v) is 1.28. The van der Waals surface area contributed by atoms with Crippen molar-refractivity contribution in [2.75, 3.05) is 71.8 Å². The van der Waals surface area contributed by atoms with E-state index in [4.69, 9.17) is 34.5 Å². The lowest BCUT2D eigenvalue weighted by Crippen LogP contribution is -2.26. The molecule has 122 valence electrons. The van der Waals surface area contributed by atoms with Crippen molar-refractivity contribution >= 4 is 12.6 Å². The van der Waals surface area contributed by atoms with Gasteiger partial charge in [0.05, 0.1) is 66.1 Å². The van der Waals surface area contributed by atoms with E-state index in [1.807, 2.05) is 0 Å². The molecule has 7 nitrogen and oxygen atoms in total. The molecule has 0 aromatic rings. The van der Waals surface area contributed by atoms with Crippen LogP contribution in [0.4, 0.5) is 0 Å². The summed E-state index contributed by atoms with van der Waals surface area (Å²) >= 11 is 4.03. The topological polar surface area (TPSA) is 92.4 Å². The molecule has 0 heterocycles. The van der Waals surface area contributed by atoms with E-state index in [9.17, 15) is 0 Å². The van der Waals surface area contributed by atoms with Gasteiger partial charge in [0.15, 0.2) is 0 Å². The maximum Gasteiger partial charge on any atom is 0.126 e. The predicted octanol–water partition coefficient (Wildman–Crippen LogP) is -0.724. The molecule has 0 aliphatic rings. The van der Waals surface area contributed by atoms with Crippen LogP contribution in [-0.4, -0.2) is 83.2 Å². The Bertz CT molecular complexity index is 187. The van der Waals surface area contributed by atoms with E-state index in [0.29, 0.717) is 59.5 Å². The summed E-state index contributed by atoms with van der Waals surface area (Å²) in [5, 5.41) is 8.73. The number of rotatable bonds is 16. The molecular formula is C12H27NO6S.